The predicted molar refractivity (Wildman–Crippen MR) is 63.7 cm³/mol. The van der Waals surface area contributed by atoms with Gasteiger partial charge in [0.15, 0.2) is 0 Å². The molecule has 0 spiro atoms. The number of hydrogen-bond donors (Lipinski definition) is 1. The first-order valence-corrected chi connectivity index (χ1v) is 7.68. The Kier molecular flexibility index (Phi) is 3.84. The zero-order valence-electron chi connectivity index (χ0n) is 9.08. The first kappa shape index (κ1) is 14.4. The summed E-state index contributed by atoms with van der Waals surface area (Å²) in [6.07, 6.45) is 0. The van der Waals surface area contributed by atoms with Crippen LogP contribution in [0.3, 0.4) is 0 Å². The number of hydrogen-bond acceptors (Lipinski definition) is 4. The fourth-order valence-electron chi connectivity index (χ4n) is 1.06. The van der Waals surface area contributed by atoms with Gasteiger partial charge in [0.05, 0.1) is 9.92 Å². The molecule has 0 bridgehead atoms. The highest BCUT2D eigenvalue weighted by Crippen LogP contribution is 2.25. The van der Waals surface area contributed by atoms with E-state index < -0.39 is 20.0 Å². The first-order valence-electron chi connectivity index (χ1n) is 4.31. The van der Waals surface area contributed by atoms with Crippen LogP contribution in [0.5, 0.6) is 0 Å². The lowest BCUT2D eigenvalue weighted by molar-refractivity contribution is 0.520. The second kappa shape index (κ2) is 4.54. The van der Waals surface area contributed by atoms with Crippen molar-refractivity contribution in [3.05, 3.63) is 23.2 Å². The van der Waals surface area contributed by atoms with Gasteiger partial charge in [0.25, 0.3) is 0 Å². The predicted octanol–water partition coefficient (Wildman–Crippen LogP) is 0.238. The van der Waals surface area contributed by atoms with E-state index >= 15 is 0 Å². The SMILES string of the molecule is CN(C)S(=O)(=O)c1cc(S(N)(=O)=O)ccc1Cl. The summed E-state index contributed by atoms with van der Waals surface area (Å²) < 4.78 is 46.8. The maximum atomic E-state index is 11.8. The molecule has 0 fully saturated rings. The first-order chi connectivity index (χ1) is 7.56. The topological polar surface area (TPSA) is 97.5 Å². The lowest BCUT2D eigenvalue weighted by Gasteiger charge is -2.13. The van der Waals surface area contributed by atoms with E-state index in [2.05, 4.69) is 0 Å². The zero-order valence-corrected chi connectivity index (χ0v) is 11.5. The maximum absolute atomic E-state index is 11.8. The van der Waals surface area contributed by atoms with E-state index in [-0.39, 0.29) is 14.8 Å². The molecule has 1 rings (SSSR count). The highest BCUT2D eigenvalue weighted by atomic mass is 35.5. The minimum Gasteiger partial charge on any atom is -0.225 e. The van der Waals surface area contributed by atoms with Crippen LogP contribution >= 0.6 is 11.6 Å². The van der Waals surface area contributed by atoms with Gasteiger partial charge in [0.1, 0.15) is 4.90 Å². The molecule has 96 valence electrons. The Morgan fingerprint density at radius 3 is 2.12 bits per heavy atom. The lowest BCUT2D eigenvalue weighted by atomic mass is 10.4. The van der Waals surface area contributed by atoms with Crippen molar-refractivity contribution >= 4 is 31.6 Å². The quantitative estimate of drug-likeness (QED) is 0.864. The average molecular weight is 299 g/mol. The molecule has 0 aliphatic rings. The van der Waals surface area contributed by atoms with Crippen LogP contribution < -0.4 is 5.14 Å². The van der Waals surface area contributed by atoms with Crippen LogP contribution in [-0.4, -0.2) is 35.2 Å². The fraction of sp³-hybridized carbons (Fsp3) is 0.250. The second-order valence-electron chi connectivity index (χ2n) is 3.42. The van der Waals surface area contributed by atoms with Crippen LogP contribution in [0.4, 0.5) is 0 Å². The van der Waals surface area contributed by atoms with E-state index in [1.165, 1.54) is 20.2 Å². The summed E-state index contributed by atoms with van der Waals surface area (Å²) in [6.45, 7) is 0. The summed E-state index contributed by atoms with van der Waals surface area (Å²) in [5.74, 6) is 0. The minimum absolute atomic E-state index is 0.0638. The summed E-state index contributed by atoms with van der Waals surface area (Å²) in [6, 6.07) is 3.26. The number of halogens is 1. The molecular formula is C8H11ClN2O4S2. The van der Waals surface area contributed by atoms with Gasteiger partial charge in [0, 0.05) is 14.1 Å². The number of sulfonamides is 2. The van der Waals surface area contributed by atoms with E-state index in [1.54, 1.807) is 0 Å². The number of rotatable bonds is 3. The minimum atomic E-state index is -3.97. The van der Waals surface area contributed by atoms with Gasteiger partial charge in [-0.15, -0.1) is 0 Å². The molecule has 0 aliphatic heterocycles. The Morgan fingerprint density at radius 1 is 1.18 bits per heavy atom. The van der Waals surface area contributed by atoms with Gasteiger partial charge in [-0.1, -0.05) is 11.6 Å². The Morgan fingerprint density at radius 2 is 1.71 bits per heavy atom. The average Bonchev–Trinajstić information content (AvgIpc) is 2.15. The molecule has 17 heavy (non-hydrogen) atoms. The molecule has 0 saturated carbocycles. The zero-order chi connectivity index (χ0) is 13.4. The molecule has 1 aromatic rings. The van der Waals surface area contributed by atoms with Crippen molar-refractivity contribution in [2.75, 3.05) is 14.1 Å². The molecule has 0 amide bonds. The molecule has 0 aliphatic carbocycles. The van der Waals surface area contributed by atoms with Crippen LogP contribution in [0.15, 0.2) is 28.0 Å². The molecule has 1 aromatic carbocycles. The van der Waals surface area contributed by atoms with Gasteiger partial charge >= 0.3 is 0 Å². The second-order valence-corrected chi connectivity index (χ2v) is 7.51. The molecule has 0 radical (unpaired) electrons. The van der Waals surface area contributed by atoms with Gasteiger partial charge in [-0.2, -0.15) is 0 Å². The van der Waals surface area contributed by atoms with Gasteiger partial charge in [-0.25, -0.2) is 26.3 Å². The summed E-state index contributed by atoms with van der Waals surface area (Å²) in [5, 5.41) is 4.85. The van der Waals surface area contributed by atoms with E-state index in [9.17, 15) is 16.8 Å². The molecular weight excluding hydrogens is 288 g/mol. The van der Waals surface area contributed by atoms with E-state index in [4.69, 9.17) is 16.7 Å². The summed E-state index contributed by atoms with van der Waals surface area (Å²) in [5.41, 5.74) is 0. The molecule has 2 N–H and O–H groups in total. The molecule has 9 heteroatoms. The van der Waals surface area contributed by atoms with Crippen molar-refractivity contribution in [2.45, 2.75) is 9.79 Å². The molecule has 0 saturated heterocycles. The van der Waals surface area contributed by atoms with Crippen LogP contribution in [-0.2, 0) is 20.0 Å². The van der Waals surface area contributed by atoms with Gasteiger partial charge < -0.3 is 0 Å². The van der Waals surface area contributed by atoms with E-state index in [0.717, 1.165) is 16.4 Å². The van der Waals surface area contributed by atoms with E-state index in [1.807, 2.05) is 0 Å². The van der Waals surface area contributed by atoms with Crippen molar-refractivity contribution in [1.29, 1.82) is 0 Å². The highest BCUT2D eigenvalue weighted by Gasteiger charge is 2.23. The number of benzene rings is 1. The highest BCUT2D eigenvalue weighted by molar-refractivity contribution is 7.90. The molecule has 0 heterocycles. The van der Waals surface area contributed by atoms with Crippen molar-refractivity contribution in [3.63, 3.8) is 0 Å². The van der Waals surface area contributed by atoms with Gasteiger partial charge in [-0.05, 0) is 18.2 Å². The normalized spacial score (nSPS) is 13.0. The Balaban J connectivity index is 3.57. The molecule has 6 nitrogen and oxygen atoms in total. The summed E-state index contributed by atoms with van der Waals surface area (Å²) in [4.78, 5) is -0.599. The van der Waals surface area contributed by atoms with Crippen molar-refractivity contribution in [2.24, 2.45) is 5.14 Å². The van der Waals surface area contributed by atoms with Crippen LogP contribution in [0.25, 0.3) is 0 Å². The molecule has 0 unspecified atom stereocenters. The molecule has 0 aromatic heterocycles. The third kappa shape index (κ3) is 2.96. The van der Waals surface area contributed by atoms with Crippen LogP contribution in [0.2, 0.25) is 5.02 Å². The monoisotopic (exact) mass is 298 g/mol. The Bertz CT molecular complexity index is 637. The number of primary sulfonamides is 1. The van der Waals surface area contributed by atoms with Gasteiger partial charge in [-0.3, -0.25) is 0 Å². The van der Waals surface area contributed by atoms with Crippen molar-refractivity contribution in [1.82, 2.24) is 4.31 Å². The third-order valence-corrected chi connectivity index (χ3v) is 5.20. The summed E-state index contributed by atoms with van der Waals surface area (Å²) in [7, 11) is -5.15. The Hall–Kier alpha value is -0.670. The fourth-order valence-corrected chi connectivity index (χ4v) is 3.06. The standard InChI is InChI=1S/C8H11ClN2O4S2/c1-11(2)17(14,15)8-5-6(16(10,12)13)3-4-7(8)9/h3-5H,1-2H3,(H2,10,12,13). The molecule has 0 atom stereocenters. The number of nitrogens with two attached hydrogens (primary N) is 1. The number of nitrogens with zero attached hydrogens (tertiary/aromatic N) is 1. The smallest absolute Gasteiger partial charge is 0.225 e. The van der Waals surface area contributed by atoms with Crippen molar-refractivity contribution < 1.29 is 16.8 Å². The third-order valence-electron chi connectivity index (χ3n) is 1.99. The Labute approximate surface area is 105 Å². The van der Waals surface area contributed by atoms with Crippen LogP contribution in [0.1, 0.15) is 0 Å². The lowest BCUT2D eigenvalue weighted by Crippen LogP contribution is -2.23. The van der Waals surface area contributed by atoms with Crippen molar-refractivity contribution in [3.8, 4) is 0 Å². The van der Waals surface area contributed by atoms with Gasteiger partial charge in [0.2, 0.25) is 20.0 Å². The van der Waals surface area contributed by atoms with Crippen LogP contribution in [0, 0.1) is 0 Å². The summed E-state index contributed by atoms with van der Waals surface area (Å²) >= 11 is 5.73. The van der Waals surface area contributed by atoms with E-state index in [0.29, 0.717) is 0 Å². The maximum Gasteiger partial charge on any atom is 0.244 e. The largest absolute Gasteiger partial charge is 0.244 e.